The van der Waals surface area contributed by atoms with E-state index in [1.54, 1.807) is 0 Å². The van der Waals surface area contributed by atoms with Gasteiger partial charge in [0.15, 0.2) is 0 Å². The average Bonchev–Trinajstić information content (AvgIpc) is 2.65. The summed E-state index contributed by atoms with van der Waals surface area (Å²) in [7, 11) is 0. The highest BCUT2D eigenvalue weighted by Gasteiger charge is 2.51. The summed E-state index contributed by atoms with van der Waals surface area (Å²) in [6, 6.07) is 0. The van der Waals surface area contributed by atoms with Crippen molar-refractivity contribution in [3.63, 3.8) is 0 Å². The Kier molecular flexibility index (Phi) is 2.26. The fraction of sp³-hybridized carbons (Fsp3) is 1.00. The molecule has 0 aromatic carbocycles. The van der Waals surface area contributed by atoms with Crippen molar-refractivity contribution in [2.75, 3.05) is 13.1 Å². The van der Waals surface area contributed by atoms with Crippen LogP contribution in [0.15, 0.2) is 0 Å². The van der Waals surface area contributed by atoms with Gasteiger partial charge in [-0.2, -0.15) is 0 Å². The second-order valence-electron chi connectivity index (χ2n) is 4.11. The summed E-state index contributed by atoms with van der Waals surface area (Å²) < 4.78 is 0. The van der Waals surface area contributed by atoms with Crippen molar-refractivity contribution in [2.45, 2.75) is 39.2 Å². The van der Waals surface area contributed by atoms with Gasteiger partial charge in [-0.1, -0.05) is 13.8 Å². The number of nitrogens with one attached hydrogen (secondary N) is 1. The molecule has 11 heavy (non-hydrogen) atoms. The molecule has 1 saturated carbocycles. The average molecular weight is 157 g/mol. The van der Waals surface area contributed by atoms with Gasteiger partial charge < -0.3 is 10.4 Å². The fourth-order valence-electron chi connectivity index (χ4n) is 1.31. The molecule has 1 fully saturated rings. The lowest BCUT2D eigenvalue weighted by Crippen LogP contribution is -2.44. The van der Waals surface area contributed by atoms with Crippen LogP contribution in [-0.4, -0.2) is 23.8 Å². The summed E-state index contributed by atoms with van der Waals surface area (Å²) in [5.41, 5.74) is -0.321. The number of aliphatic hydroxyl groups is 1. The Morgan fingerprint density at radius 3 is 2.45 bits per heavy atom. The van der Waals surface area contributed by atoms with Gasteiger partial charge in [-0.05, 0) is 31.7 Å². The van der Waals surface area contributed by atoms with Crippen LogP contribution < -0.4 is 5.32 Å². The van der Waals surface area contributed by atoms with Gasteiger partial charge in [-0.25, -0.2) is 0 Å². The summed E-state index contributed by atoms with van der Waals surface area (Å²) in [6.45, 7) is 7.81. The lowest BCUT2D eigenvalue weighted by atomic mass is 9.87. The van der Waals surface area contributed by atoms with Crippen molar-refractivity contribution in [1.82, 2.24) is 5.32 Å². The molecule has 0 saturated heterocycles. The highest BCUT2D eigenvalue weighted by Crippen LogP contribution is 2.53. The third-order valence-electron chi connectivity index (χ3n) is 3.02. The third-order valence-corrected chi connectivity index (χ3v) is 3.02. The zero-order chi connectivity index (χ0) is 8.54. The van der Waals surface area contributed by atoms with Crippen LogP contribution in [0, 0.1) is 5.41 Å². The molecule has 2 heteroatoms. The topological polar surface area (TPSA) is 32.3 Å². The number of rotatable bonds is 4. The van der Waals surface area contributed by atoms with Crippen molar-refractivity contribution in [3.05, 3.63) is 0 Å². The van der Waals surface area contributed by atoms with Gasteiger partial charge in [-0.3, -0.25) is 0 Å². The van der Waals surface area contributed by atoms with Crippen molar-refractivity contribution in [3.8, 4) is 0 Å². The molecule has 1 atom stereocenters. The molecular formula is C9H19NO. The van der Waals surface area contributed by atoms with Crippen LogP contribution in [-0.2, 0) is 0 Å². The Hall–Kier alpha value is -0.0800. The molecule has 0 aliphatic heterocycles. The predicted octanol–water partition coefficient (Wildman–Crippen LogP) is 1.15. The molecule has 0 heterocycles. The van der Waals surface area contributed by atoms with Gasteiger partial charge in [0.25, 0.3) is 0 Å². The lowest BCUT2D eigenvalue weighted by Gasteiger charge is -2.30. The van der Waals surface area contributed by atoms with Crippen molar-refractivity contribution in [2.24, 2.45) is 5.41 Å². The summed E-state index contributed by atoms with van der Waals surface area (Å²) in [5, 5.41) is 13.2. The Balaban J connectivity index is 2.39. The third kappa shape index (κ3) is 1.74. The number of hydrogen-bond acceptors (Lipinski definition) is 2. The summed E-state index contributed by atoms with van der Waals surface area (Å²) in [4.78, 5) is 0. The maximum atomic E-state index is 9.98. The largest absolute Gasteiger partial charge is 0.388 e. The molecular weight excluding hydrogens is 138 g/mol. The van der Waals surface area contributed by atoms with Crippen LogP contribution in [0.5, 0.6) is 0 Å². The minimum Gasteiger partial charge on any atom is -0.388 e. The van der Waals surface area contributed by atoms with E-state index >= 15 is 0 Å². The zero-order valence-electron chi connectivity index (χ0n) is 7.78. The Morgan fingerprint density at radius 2 is 2.09 bits per heavy atom. The van der Waals surface area contributed by atoms with Gasteiger partial charge in [0, 0.05) is 6.54 Å². The van der Waals surface area contributed by atoms with Crippen LogP contribution in [0.4, 0.5) is 0 Å². The molecule has 1 rings (SSSR count). The smallest absolute Gasteiger partial charge is 0.0796 e. The molecule has 0 spiro atoms. The first-order valence-electron chi connectivity index (χ1n) is 4.45. The molecule has 0 radical (unpaired) electrons. The van der Waals surface area contributed by atoms with E-state index in [2.05, 4.69) is 19.2 Å². The molecule has 0 aromatic rings. The zero-order valence-corrected chi connectivity index (χ0v) is 7.78. The van der Waals surface area contributed by atoms with Crippen LogP contribution in [0.25, 0.3) is 0 Å². The van der Waals surface area contributed by atoms with E-state index in [-0.39, 0.29) is 5.41 Å². The Morgan fingerprint density at radius 1 is 1.55 bits per heavy atom. The van der Waals surface area contributed by atoms with Crippen LogP contribution >= 0.6 is 0 Å². The normalized spacial score (nSPS) is 26.2. The van der Waals surface area contributed by atoms with E-state index in [4.69, 9.17) is 0 Å². The van der Waals surface area contributed by atoms with Gasteiger partial charge >= 0.3 is 0 Å². The SMILES string of the molecule is CCNCC(C)(O)C1(C)CC1. The van der Waals surface area contributed by atoms with Crippen molar-refractivity contribution >= 4 is 0 Å². The first kappa shape index (κ1) is 9.01. The monoisotopic (exact) mass is 157 g/mol. The molecule has 0 aromatic heterocycles. The molecule has 1 aliphatic carbocycles. The molecule has 66 valence electrons. The maximum absolute atomic E-state index is 9.98. The van der Waals surface area contributed by atoms with E-state index in [1.165, 1.54) is 12.8 Å². The summed E-state index contributed by atoms with van der Waals surface area (Å²) in [5.74, 6) is 0. The number of hydrogen-bond donors (Lipinski definition) is 2. The first-order valence-corrected chi connectivity index (χ1v) is 4.45. The summed E-state index contributed by atoms with van der Waals surface area (Å²) >= 11 is 0. The highest BCUT2D eigenvalue weighted by atomic mass is 16.3. The molecule has 2 N–H and O–H groups in total. The van der Waals surface area contributed by atoms with Gasteiger partial charge in [-0.15, -0.1) is 0 Å². The Bertz CT molecular complexity index is 138. The quantitative estimate of drug-likeness (QED) is 0.641. The van der Waals surface area contributed by atoms with Crippen LogP contribution in [0.1, 0.15) is 33.6 Å². The van der Waals surface area contributed by atoms with E-state index in [9.17, 15) is 5.11 Å². The Labute approximate surface area is 69.0 Å². The second-order valence-corrected chi connectivity index (χ2v) is 4.11. The predicted molar refractivity (Wildman–Crippen MR) is 46.5 cm³/mol. The van der Waals surface area contributed by atoms with Crippen molar-refractivity contribution < 1.29 is 5.11 Å². The molecule has 1 unspecified atom stereocenters. The highest BCUT2D eigenvalue weighted by molar-refractivity contribution is 5.03. The molecule has 0 bridgehead atoms. The van der Waals surface area contributed by atoms with E-state index < -0.39 is 5.60 Å². The second kappa shape index (κ2) is 2.76. The molecule has 1 aliphatic rings. The minimum atomic E-state index is -0.511. The standard InChI is InChI=1S/C9H19NO/c1-4-10-7-9(3,11)8(2)5-6-8/h10-11H,4-7H2,1-3H3. The molecule has 2 nitrogen and oxygen atoms in total. The van der Waals surface area contributed by atoms with Gasteiger partial charge in [0.05, 0.1) is 5.60 Å². The van der Waals surface area contributed by atoms with Crippen molar-refractivity contribution in [1.29, 1.82) is 0 Å². The van der Waals surface area contributed by atoms with Crippen LogP contribution in [0.3, 0.4) is 0 Å². The first-order chi connectivity index (χ1) is 5.02. The maximum Gasteiger partial charge on any atom is 0.0796 e. The van der Waals surface area contributed by atoms with E-state index in [1.807, 2.05) is 6.92 Å². The summed E-state index contributed by atoms with van der Waals surface area (Å²) in [6.07, 6.45) is 2.34. The van der Waals surface area contributed by atoms with Gasteiger partial charge in [0.1, 0.15) is 0 Å². The van der Waals surface area contributed by atoms with Gasteiger partial charge in [0.2, 0.25) is 0 Å². The fourth-order valence-corrected chi connectivity index (χ4v) is 1.31. The molecule has 0 amide bonds. The van der Waals surface area contributed by atoms with E-state index in [0.29, 0.717) is 0 Å². The van der Waals surface area contributed by atoms with Crippen LogP contribution in [0.2, 0.25) is 0 Å². The minimum absolute atomic E-state index is 0.190. The lowest BCUT2D eigenvalue weighted by molar-refractivity contribution is -0.00589. The number of likely N-dealkylation sites (N-methyl/N-ethyl adjacent to an activating group) is 1. The van der Waals surface area contributed by atoms with E-state index in [0.717, 1.165) is 13.1 Å².